The molecule has 0 amide bonds. The second-order valence-electron chi connectivity index (χ2n) is 4.06. The summed E-state index contributed by atoms with van der Waals surface area (Å²) in [4.78, 5) is 1.26. The maximum absolute atomic E-state index is 11.5. The lowest BCUT2D eigenvalue weighted by atomic mass is 10.2. The second kappa shape index (κ2) is 5.60. The Morgan fingerprint density at radius 1 is 1.26 bits per heavy atom. The second-order valence-corrected chi connectivity index (χ2v) is 6.62. The van der Waals surface area contributed by atoms with Crippen molar-refractivity contribution in [1.29, 1.82) is 0 Å². The fraction of sp³-hybridized carbons (Fsp3) is 0.167. The Morgan fingerprint density at radius 2 is 2.05 bits per heavy atom. The van der Waals surface area contributed by atoms with Crippen LogP contribution in [0, 0.1) is 0 Å². The number of sulfonamides is 1. The lowest BCUT2D eigenvalue weighted by molar-refractivity contribution is 0.598. The van der Waals surface area contributed by atoms with Crippen molar-refractivity contribution in [2.75, 3.05) is 17.6 Å². The predicted molar refractivity (Wildman–Crippen MR) is 78.7 cm³/mol. The molecule has 0 unspecified atom stereocenters. The zero-order valence-corrected chi connectivity index (χ0v) is 11.8. The van der Waals surface area contributed by atoms with E-state index in [1.807, 2.05) is 17.5 Å². The predicted octanol–water partition coefficient (Wildman–Crippen LogP) is 1.63. The summed E-state index contributed by atoms with van der Waals surface area (Å²) in [6.07, 6.45) is 0.825. The summed E-state index contributed by atoms with van der Waals surface area (Å²) in [7, 11) is -3.78. The van der Waals surface area contributed by atoms with Crippen LogP contribution < -0.4 is 16.2 Å². The van der Waals surface area contributed by atoms with Crippen molar-refractivity contribution in [2.24, 2.45) is 5.14 Å². The van der Waals surface area contributed by atoms with Gasteiger partial charge in [-0.05, 0) is 36.1 Å². The highest BCUT2D eigenvalue weighted by molar-refractivity contribution is 7.89. The number of primary sulfonamides is 1. The summed E-state index contributed by atoms with van der Waals surface area (Å²) in [5, 5.41) is 10.3. The minimum atomic E-state index is -3.78. The Bertz CT molecular complexity index is 652. The summed E-state index contributed by atoms with van der Waals surface area (Å²) < 4.78 is 23.0. The minimum absolute atomic E-state index is 0.0266. The van der Waals surface area contributed by atoms with Crippen LogP contribution in [-0.2, 0) is 16.4 Å². The highest BCUT2D eigenvalue weighted by Crippen LogP contribution is 2.23. The zero-order chi connectivity index (χ0) is 13.9. The highest BCUT2D eigenvalue weighted by Gasteiger charge is 2.14. The molecule has 0 bridgehead atoms. The molecule has 0 aliphatic rings. The average Bonchev–Trinajstić information content (AvgIpc) is 2.83. The Kier molecular flexibility index (Phi) is 4.08. The van der Waals surface area contributed by atoms with Crippen LogP contribution in [0.2, 0.25) is 0 Å². The highest BCUT2D eigenvalue weighted by atomic mass is 32.2. The molecule has 1 aromatic carbocycles. The number of hydrogen-bond donors (Lipinski definition) is 3. The van der Waals surface area contributed by atoms with Crippen molar-refractivity contribution >= 4 is 32.7 Å². The fourth-order valence-electron chi connectivity index (χ4n) is 1.70. The van der Waals surface area contributed by atoms with Gasteiger partial charge in [0.15, 0.2) is 0 Å². The number of nitrogens with two attached hydrogens (primary N) is 2. The monoisotopic (exact) mass is 297 g/mol. The first-order chi connectivity index (χ1) is 8.97. The molecule has 0 atom stereocenters. The third-order valence-electron chi connectivity index (χ3n) is 2.58. The van der Waals surface area contributed by atoms with Gasteiger partial charge in [0, 0.05) is 17.1 Å². The molecule has 5 N–H and O–H groups in total. The molecule has 0 spiro atoms. The summed E-state index contributed by atoms with van der Waals surface area (Å²) >= 11 is 1.67. The number of anilines is 2. The van der Waals surface area contributed by atoms with Crippen molar-refractivity contribution < 1.29 is 8.42 Å². The third kappa shape index (κ3) is 3.69. The van der Waals surface area contributed by atoms with Crippen molar-refractivity contribution in [3.63, 3.8) is 0 Å². The quantitative estimate of drug-likeness (QED) is 0.731. The minimum Gasteiger partial charge on any atom is -0.399 e. The van der Waals surface area contributed by atoms with Gasteiger partial charge in [-0.2, -0.15) is 0 Å². The first-order valence-electron chi connectivity index (χ1n) is 5.65. The Hall–Kier alpha value is -1.57. The SMILES string of the molecule is Nc1ccc(NCCc2cccs2)c(S(N)(=O)=O)c1. The van der Waals surface area contributed by atoms with Crippen LogP contribution in [0.4, 0.5) is 11.4 Å². The molecule has 1 heterocycles. The Morgan fingerprint density at radius 3 is 2.68 bits per heavy atom. The number of thiophene rings is 1. The molecular weight excluding hydrogens is 282 g/mol. The molecule has 0 radical (unpaired) electrons. The molecule has 1 aromatic heterocycles. The average molecular weight is 297 g/mol. The molecular formula is C12H15N3O2S2. The van der Waals surface area contributed by atoms with E-state index in [1.54, 1.807) is 23.5 Å². The van der Waals surface area contributed by atoms with E-state index in [0.29, 0.717) is 17.9 Å². The van der Waals surface area contributed by atoms with Crippen LogP contribution in [-0.4, -0.2) is 15.0 Å². The molecule has 5 nitrogen and oxygen atoms in total. The first kappa shape index (κ1) is 13.9. The molecule has 0 saturated carbocycles. The third-order valence-corrected chi connectivity index (χ3v) is 4.47. The molecule has 0 aliphatic carbocycles. The van der Waals surface area contributed by atoms with Gasteiger partial charge in [0.25, 0.3) is 0 Å². The normalized spacial score (nSPS) is 11.4. The molecule has 2 rings (SSSR count). The van der Waals surface area contributed by atoms with E-state index < -0.39 is 10.0 Å². The summed E-state index contributed by atoms with van der Waals surface area (Å²) in [5.41, 5.74) is 6.43. The fourth-order valence-corrected chi connectivity index (χ4v) is 3.15. The van der Waals surface area contributed by atoms with Gasteiger partial charge < -0.3 is 11.1 Å². The number of rotatable bonds is 5. The largest absolute Gasteiger partial charge is 0.399 e. The van der Waals surface area contributed by atoms with Crippen LogP contribution in [0.3, 0.4) is 0 Å². The smallest absolute Gasteiger partial charge is 0.240 e. The van der Waals surface area contributed by atoms with Gasteiger partial charge in [-0.3, -0.25) is 0 Å². The van der Waals surface area contributed by atoms with Crippen molar-refractivity contribution in [1.82, 2.24) is 0 Å². The van der Waals surface area contributed by atoms with Crippen LogP contribution in [0.25, 0.3) is 0 Å². The van der Waals surface area contributed by atoms with Gasteiger partial charge in [-0.1, -0.05) is 6.07 Å². The van der Waals surface area contributed by atoms with Gasteiger partial charge >= 0.3 is 0 Å². The van der Waals surface area contributed by atoms with E-state index in [0.717, 1.165) is 6.42 Å². The molecule has 0 saturated heterocycles. The molecule has 2 aromatic rings. The van der Waals surface area contributed by atoms with Crippen LogP contribution in [0.15, 0.2) is 40.6 Å². The van der Waals surface area contributed by atoms with Gasteiger partial charge in [-0.15, -0.1) is 11.3 Å². The molecule has 19 heavy (non-hydrogen) atoms. The van der Waals surface area contributed by atoms with E-state index in [1.165, 1.54) is 10.9 Å². The van der Waals surface area contributed by atoms with Crippen molar-refractivity contribution in [3.8, 4) is 0 Å². The number of nitrogens with one attached hydrogen (secondary N) is 1. The number of nitrogen functional groups attached to an aromatic ring is 1. The first-order valence-corrected chi connectivity index (χ1v) is 8.08. The molecule has 0 aliphatic heterocycles. The summed E-state index contributed by atoms with van der Waals surface area (Å²) in [6, 6.07) is 8.66. The van der Waals surface area contributed by atoms with Crippen LogP contribution in [0.1, 0.15) is 4.88 Å². The van der Waals surface area contributed by atoms with E-state index >= 15 is 0 Å². The van der Waals surface area contributed by atoms with Gasteiger partial charge in [0.2, 0.25) is 10.0 Å². The summed E-state index contributed by atoms with van der Waals surface area (Å²) in [6.45, 7) is 0.632. The molecule has 0 fully saturated rings. The van der Waals surface area contributed by atoms with E-state index in [9.17, 15) is 8.42 Å². The number of hydrogen-bond acceptors (Lipinski definition) is 5. The van der Waals surface area contributed by atoms with Crippen molar-refractivity contribution in [3.05, 3.63) is 40.6 Å². The molecule has 102 valence electrons. The summed E-state index contributed by atoms with van der Waals surface area (Å²) in [5.74, 6) is 0. The van der Waals surface area contributed by atoms with Crippen LogP contribution >= 0.6 is 11.3 Å². The standard InChI is InChI=1S/C12H15N3O2S2/c13-9-3-4-11(12(8-9)19(14,16)17)15-6-5-10-2-1-7-18-10/h1-4,7-8,15H,5-6,13H2,(H2,14,16,17). The Labute approximate surface area is 116 Å². The topological polar surface area (TPSA) is 98.2 Å². The van der Waals surface area contributed by atoms with E-state index in [-0.39, 0.29) is 4.90 Å². The molecule has 7 heteroatoms. The number of benzene rings is 1. The van der Waals surface area contributed by atoms with Gasteiger partial charge in [-0.25, -0.2) is 13.6 Å². The van der Waals surface area contributed by atoms with Crippen LogP contribution in [0.5, 0.6) is 0 Å². The Balaban J connectivity index is 2.12. The lowest BCUT2D eigenvalue weighted by Crippen LogP contribution is -2.16. The van der Waals surface area contributed by atoms with Gasteiger partial charge in [0.05, 0.1) is 5.69 Å². The van der Waals surface area contributed by atoms with Gasteiger partial charge in [0.1, 0.15) is 4.90 Å². The van der Waals surface area contributed by atoms with E-state index in [2.05, 4.69) is 5.32 Å². The lowest BCUT2D eigenvalue weighted by Gasteiger charge is -2.11. The van der Waals surface area contributed by atoms with Crippen molar-refractivity contribution in [2.45, 2.75) is 11.3 Å². The van der Waals surface area contributed by atoms with E-state index in [4.69, 9.17) is 10.9 Å². The maximum Gasteiger partial charge on any atom is 0.240 e. The maximum atomic E-state index is 11.5. The zero-order valence-electron chi connectivity index (χ0n) is 10.2.